The third-order valence-corrected chi connectivity index (χ3v) is 4.57. The second-order valence-electron chi connectivity index (χ2n) is 8.61. The van der Waals surface area contributed by atoms with Crippen molar-refractivity contribution in [2.45, 2.75) is 39.7 Å². The lowest BCUT2D eigenvalue weighted by Crippen LogP contribution is -2.54. The number of carbonyl (C=O) groups is 2. The highest BCUT2D eigenvalue weighted by molar-refractivity contribution is 6.14. The van der Waals surface area contributed by atoms with Crippen LogP contribution in [0.15, 0.2) is 35.1 Å². The van der Waals surface area contributed by atoms with Crippen molar-refractivity contribution in [1.82, 2.24) is 15.5 Å². The maximum absolute atomic E-state index is 12.3. The molecule has 0 atom stereocenters. The van der Waals surface area contributed by atoms with Crippen LogP contribution in [0.25, 0.3) is 0 Å². The van der Waals surface area contributed by atoms with Crippen molar-refractivity contribution in [2.75, 3.05) is 32.8 Å². The zero-order valence-electron chi connectivity index (χ0n) is 18.6. The maximum Gasteiger partial charge on any atom is 0.522 e. The van der Waals surface area contributed by atoms with Crippen LogP contribution in [0.5, 0.6) is 0 Å². The number of allylic oxidation sites excluding steroid dienone is 3. The van der Waals surface area contributed by atoms with Gasteiger partial charge in [0.2, 0.25) is 0 Å². The molecule has 3 N–H and O–H groups in total. The number of rotatable bonds is 7. The fourth-order valence-electron chi connectivity index (χ4n) is 3.03. The van der Waals surface area contributed by atoms with Crippen LogP contribution in [0, 0.1) is 11.3 Å². The van der Waals surface area contributed by atoms with E-state index in [0.717, 1.165) is 0 Å². The molecule has 1 aliphatic carbocycles. The third kappa shape index (κ3) is 8.03. The van der Waals surface area contributed by atoms with Crippen LogP contribution >= 0.6 is 0 Å². The van der Waals surface area contributed by atoms with E-state index in [2.05, 4.69) is 15.4 Å². The lowest BCUT2D eigenvalue weighted by atomic mass is 9.93. The van der Waals surface area contributed by atoms with Crippen molar-refractivity contribution in [1.29, 1.82) is 5.41 Å². The van der Waals surface area contributed by atoms with E-state index in [0.29, 0.717) is 30.8 Å². The number of hydrogen-bond acceptors (Lipinski definition) is 6. The van der Waals surface area contributed by atoms with Gasteiger partial charge in [-0.25, -0.2) is 4.79 Å². The Morgan fingerprint density at radius 2 is 1.91 bits per heavy atom. The molecule has 0 aromatic carbocycles. The zero-order valence-corrected chi connectivity index (χ0v) is 18.6. The molecular formula is C21H29F3N4O4. The van der Waals surface area contributed by atoms with Crippen molar-refractivity contribution >= 4 is 17.7 Å². The number of amides is 2. The summed E-state index contributed by atoms with van der Waals surface area (Å²) in [7, 11) is 0. The third-order valence-electron chi connectivity index (χ3n) is 4.57. The lowest BCUT2D eigenvalue weighted by molar-refractivity contribution is -0.323. The first-order valence-corrected chi connectivity index (χ1v) is 10.1. The summed E-state index contributed by atoms with van der Waals surface area (Å²) in [6.07, 6.45) is -0.450. The summed E-state index contributed by atoms with van der Waals surface area (Å²) in [6, 6.07) is 0. The highest BCUT2D eigenvalue weighted by Gasteiger charge is 2.33. The number of nitrogens with zero attached hydrogens (tertiary/aromatic N) is 1. The summed E-state index contributed by atoms with van der Waals surface area (Å²) in [5.74, 6) is -0.315. The van der Waals surface area contributed by atoms with E-state index in [1.54, 1.807) is 18.0 Å². The van der Waals surface area contributed by atoms with Gasteiger partial charge in [-0.1, -0.05) is 0 Å². The predicted molar refractivity (Wildman–Crippen MR) is 112 cm³/mol. The molecule has 2 rings (SSSR count). The van der Waals surface area contributed by atoms with Gasteiger partial charge in [-0.15, -0.1) is 13.2 Å². The molecule has 1 fully saturated rings. The minimum absolute atomic E-state index is 0.205. The molecule has 1 saturated heterocycles. The molecular weight excluding hydrogens is 429 g/mol. The molecule has 0 bridgehead atoms. The molecule has 32 heavy (non-hydrogen) atoms. The smallest absolute Gasteiger partial charge is 0.444 e. The molecule has 0 spiro atoms. The quantitative estimate of drug-likeness (QED) is 0.509. The molecule has 0 saturated carbocycles. The molecule has 11 heteroatoms. The summed E-state index contributed by atoms with van der Waals surface area (Å²) in [4.78, 5) is 25.9. The summed E-state index contributed by atoms with van der Waals surface area (Å²) in [6.45, 7) is 7.78. The molecule has 8 nitrogen and oxygen atoms in total. The summed E-state index contributed by atoms with van der Waals surface area (Å²) >= 11 is 0. The molecule has 2 aliphatic rings. The highest BCUT2D eigenvalue weighted by atomic mass is 19.4. The Morgan fingerprint density at radius 1 is 1.25 bits per heavy atom. The van der Waals surface area contributed by atoms with Crippen LogP contribution in [0.4, 0.5) is 18.0 Å². The van der Waals surface area contributed by atoms with Crippen LogP contribution in [0.3, 0.4) is 0 Å². The number of ether oxygens (including phenoxy) is 2. The minimum atomic E-state index is -4.74. The molecule has 0 radical (unpaired) electrons. The topological polar surface area (TPSA) is 104 Å². The molecule has 2 amide bonds. The van der Waals surface area contributed by atoms with Gasteiger partial charge in [-0.2, -0.15) is 0 Å². The normalized spacial score (nSPS) is 18.7. The number of nitrogens with one attached hydrogen (secondary N) is 3. The lowest BCUT2D eigenvalue weighted by Gasteiger charge is -2.39. The van der Waals surface area contributed by atoms with Crippen molar-refractivity contribution in [3.8, 4) is 0 Å². The van der Waals surface area contributed by atoms with Crippen LogP contribution in [-0.2, 0) is 14.3 Å². The SMILES string of the molecule is CC1=CC(=N)/C(=C\NCC2CN(C(=O)OC(C)(C)C)C2)C=C1C(=O)NCCOC(F)(F)F. The maximum atomic E-state index is 12.3. The van der Waals surface area contributed by atoms with Gasteiger partial charge in [-0.05, 0) is 45.4 Å². The Balaban J connectivity index is 1.83. The summed E-state index contributed by atoms with van der Waals surface area (Å²) < 4.78 is 45.0. The van der Waals surface area contributed by atoms with Gasteiger partial charge in [0.05, 0.1) is 12.3 Å². The van der Waals surface area contributed by atoms with Crippen molar-refractivity contribution in [3.05, 3.63) is 35.1 Å². The Morgan fingerprint density at radius 3 is 2.50 bits per heavy atom. The first kappa shape index (κ1) is 25.4. The first-order chi connectivity index (χ1) is 14.7. The van der Waals surface area contributed by atoms with Crippen molar-refractivity contribution in [3.63, 3.8) is 0 Å². The van der Waals surface area contributed by atoms with Gasteiger partial charge in [0.1, 0.15) is 5.60 Å². The summed E-state index contributed by atoms with van der Waals surface area (Å²) in [5, 5.41) is 13.6. The van der Waals surface area contributed by atoms with Crippen molar-refractivity contribution < 1.29 is 32.2 Å². The first-order valence-electron chi connectivity index (χ1n) is 10.1. The van der Waals surface area contributed by atoms with Crippen LogP contribution < -0.4 is 10.6 Å². The fourth-order valence-corrected chi connectivity index (χ4v) is 3.03. The van der Waals surface area contributed by atoms with E-state index in [1.165, 1.54) is 12.2 Å². The largest absolute Gasteiger partial charge is 0.522 e. The van der Waals surface area contributed by atoms with E-state index in [9.17, 15) is 22.8 Å². The number of hydrogen-bond donors (Lipinski definition) is 3. The molecule has 178 valence electrons. The van der Waals surface area contributed by atoms with Crippen molar-refractivity contribution in [2.24, 2.45) is 5.92 Å². The van der Waals surface area contributed by atoms with E-state index in [4.69, 9.17) is 10.1 Å². The molecule has 0 unspecified atom stereocenters. The summed E-state index contributed by atoms with van der Waals surface area (Å²) in [5.41, 5.74) is 0.931. The number of likely N-dealkylation sites (tertiary alicyclic amines) is 1. The van der Waals surface area contributed by atoms with E-state index < -0.39 is 24.5 Å². The zero-order chi connectivity index (χ0) is 24.1. The predicted octanol–water partition coefficient (Wildman–Crippen LogP) is 2.89. The molecule has 0 aromatic rings. The Kier molecular flexibility index (Phi) is 8.11. The number of alkyl halides is 3. The molecule has 1 heterocycles. The van der Waals surface area contributed by atoms with E-state index >= 15 is 0 Å². The van der Waals surface area contributed by atoms with Crippen LogP contribution in [0.1, 0.15) is 27.7 Å². The van der Waals surface area contributed by atoms with Gasteiger partial charge in [0, 0.05) is 49.4 Å². The van der Waals surface area contributed by atoms with Gasteiger partial charge in [0.15, 0.2) is 0 Å². The van der Waals surface area contributed by atoms with Crippen LogP contribution in [0.2, 0.25) is 0 Å². The second kappa shape index (κ2) is 10.2. The van der Waals surface area contributed by atoms with Gasteiger partial charge >= 0.3 is 12.5 Å². The number of halogens is 3. The standard InChI is InChI=1S/C21H29F3N4O4/c1-13-7-17(25)15(8-16(13)18(29)27-5-6-31-21(22,23)24)10-26-9-14-11-28(12-14)19(30)32-20(2,3)4/h7-8,10,14,25-26H,5-6,9,11-12H2,1-4H3,(H,27,29)/b15-10-,25-17?. The fraction of sp³-hybridized carbons (Fsp3) is 0.571. The highest BCUT2D eigenvalue weighted by Crippen LogP contribution is 2.21. The molecule has 1 aliphatic heterocycles. The average molecular weight is 458 g/mol. The minimum Gasteiger partial charge on any atom is -0.444 e. The van der Waals surface area contributed by atoms with Gasteiger partial charge < -0.3 is 25.7 Å². The Labute approximate surface area is 185 Å². The Hall–Kier alpha value is -2.82. The Bertz CT molecular complexity index is 835. The van der Waals surface area contributed by atoms with E-state index in [-0.39, 0.29) is 29.8 Å². The number of carbonyl (C=O) groups excluding carboxylic acids is 2. The van der Waals surface area contributed by atoms with Crippen LogP contribution in [-0.4, -0.2) is 67.4 Å². The molecule has 0 aromatic heterocycles. The van der Waals surface area contributed by atoms with Gasteiger partial charge in [0.25, 0.3) is 5.91 Å². The average Bonchev–Trinajstić information content (AvgIpc) is 2.59. The van der Waals surface area contributed by atoms with E-state index in [1.807, 2.05) is 20.8 Å². The van der Waals surface area contributed by atoms with Gasteiger partial charge in [-0.3, -0.25) is 9.53 Å². The monoisotopic (exact) mass is 458 g/mol. The second-order valence-corrected chi connectivity index (χ2v) is 8.61.